The van der Waals surface area contributed by atoms with E-state index in [0.29, 0.717) is 30.2 Å². The monoisotopic (exact) mass is 264 g/mol. The van der Waals surface area contributed by atoms with Crippen molar-refractivity contribution < 1.29 is 4.79 Å². The highest BCUT2D eigenvalue weighted by atomic mass is 32.1. The van der Waals surface area contributed by atoms with Crippen LogP contribution in [0.1, 0.15) is 24.8 Å². The Kier molecular flexibility index (Phi) is 3.39. The summed E-state index contributed by atoms with van der Waals surface area (Å²) < 4.78 is 0. The van der Waals surface area contributed by atoms with Gasteiger partial charge in [-0.3, -0.25) is 4.79 Å². The highest BCUT2D eigenvalue weighted by Crippen LogP contribution is 2.37. The third-order valence-electron chi connectivity index (χ3n) is 4.47. The number of nitrogens with zero attached hydrogens (tertiary/aromatic N) is 1. The number of fused-ring (bicyclic) bond motifs is 1. The fourth-order valence-electron chi connectivity index (χ4n) is 3.36. The van der Waals surface area contributed by atoms with E-state index in [1.807, 2.05) is 4.90 Å². The molecule has 3 atom stereocenters. The first-order valence-electron chi connectivity index (χ1n) is 6.78. The van der Waals surface area contributed by atoms with Crippen LogP contribution in [-0.2, 0) is 11.2 Å². The quantitative estimate of drug-likeness (QED) is 0.906. The Morgan fingerprint density at radius 1 is 1.44 bits per heavy atom. The molecule has 1 aliphatic heterocycles. The van der Waals surface area contributed by atoms with Crippen molar-refractivity contribution in [3.05, 3.63) is 22.4 Å². The van der Waals surface area contributed by atoms with Gasteiger partial charge in [0.05, 0.1) is 0 Å². The second kappa shape index (κ2) is 5.02. The molecule has 18 heavy (non-hydrogen) atoms. The Morgan fingerprint density at radius 3 is 3.06 bits per heavy atom. The number of thiophene rings is 1. The zero-order valence-corrected chi connectivity index (χ0v) is 11.4. The first-order chi connectivity index (χ1) is 8.74. The van der Waals surface area contributed by atoms with E-state index in [9.17, 15) is 4.79 Å². The van der Waals surface area contributed by atoms with Crippen molar-refractivity contribution in [1.82, 2.24) is 4.90 Å². The Morgan fingerprint density at radius 2 is 2.33 bits per heavy atom. The van der Waals surface area contributed by atoms with Gasteiger partial charge in [-0.05, 0) is 53.5 Å². The summed E-state index contributed by atoms with van der Waals surface area (Å²) in [5, 5.41) is 4.20. The van der Waals surface area contributed by atoms with E-state index in [-0.39, 0.29) is 0 Å². The van der Waals surface area contributed by atoms with E-state index >= 15 is 0 Å². The topological polar surface area (TPSA) is 46.3 Å². The Bertz CT molecular complexity index is 417. The summed E-state index contributed by atoms with van der Waals surface area (Å²) in [5.41, 5.74) is 7.38. The molecule has 3 nitrogen and oxygen atoms in total. The minimum Gasteiger partial charge on any atom is -0.342 e. The number of rotatable bonds is 3. The standard InChI is InChI=1S/C14H20N2OS/c15-13-3-2-11-7-16(8-12(11)13)14(17)4-1-10-5-6-18-9-10/h5-6,9,11-13H,1-4,7-8,15H2. The molecule has 98 valence electrons. The summed E-state index contributed by atoms with van der Waals surface area (Å²) in [6.45, 7) is 1.84. The van der Waals surface area contributed by atoms with Gasteiger partial charge in [-0.1, -0.05) is 0 Å². The van der Waals surface area contributed by atoms with Crippen molar-refractivity contribution in [2.45, 2.75) is 31.7 Å². The maximum Gasteiger partial charge on any atom is 0.222 e. The van der Waals surface area contributed by atoms with Crippen LogP contribution in [0.3, 0.4) is 0 Å². The molecule has 0 bridgehead atoms. The molecule has 1 saturated carbocycles. The van der Waals surface area contributed by atoms with Gasteiger partial charge in [0.15, 0.2) is 0 Å². The Balaban J connectivity index is 1.52. The minimum atomic E-state index is 0.308. The summed E-state index contributed by atoms with van der Waals surface area (Å²) in [4.78, 5) is 14.2. The zero-order valence-electron chi connectivity index (χ0n) is 10.5. The summed E-state index contributed by atoms with van der Waals surface area (Å²) in [7, 11) is 0. The van der Waals surface area contributed by atoms with E-state index in [1.54, 1.807) is 11.3 Å². The molecule has 3 unspecified atom stereocenters. The lowest BCUT2D eigenvalue weighted by atomic mass is 9.98. The van der Waals surface area contributed by atoms with Crippen LogP contribution >= 0.6 is 11.3 Å². The maximum atomic E-state index is 12.2. The van der Waals surface area contributed by atoms with Gasteiger partial charge >= 0.3 is 0 Å². The first kappa shape index (κ1) is 12.2. The van der Waals surface area contributed by atoms with Gasteiger partial charge < -0.3 is 10.6 Å². The smallest absolute Gasteiger partial charge is 0.222 e. The van der Waals surface area contributed by atoms with Crippen LogP contribution in [0, 0.1) is 11.8 Å². The largest absolute Gasteiger partial charge is 0.342 e. The second-order valence-corrected chi connectivity index (χ2v) is 6.38. The lowest BCUT2D eigenvalue weighted by Gasteiger charge is -2.18. The average Bonchev–Trinajstić information content (AvgIpc) is 3.05. The van der Waals surface area contributed by atoms with Crippen molar-refractivity contribution in [3.63, 3.8) is 0 Å². The first-order valence-corrected chi connectivity index (χ1v) is 7.73. The summed E-state index contributed by atoms with van der Waals surface area (Å²) >= 11 is 1.70. The molecule has 2 fully saturated rings. The van der Waals surface area contributed by atoms with E-state index in [2.05, 4.69) is 16.8 Å². The van der Waals surface area contributed by atoms with Gasteiger partial charge in [0.1, 0.15) is 0 Å². The number of carbonyl (C=O) groups excluding carboxylic acids is 1. The lowest BCUT2D eigenvalue weighted by molar-refractivity contribution is -0.130. The molecule has 0 radical (unpaired) electrons. The second-order valence-electron chi connectivity index (χ2n) is 5.60. The molecular formula is C14H20N2OS. The zero-order chi connectivity index (χ0) is 12.5. The number of hydrogen-bond acceptors (Lipinski definition) is 3. The van der Waals surface area contributed by atoms with Crippen LogP contribution in [0.2, 0.25) is 0 Å². The van der Waals surface area contributed by atoms with Crippen molar-refractivity contribution >= 4 is 17.2 Å². The third-order valence-corrected chi connectivity index (χ3v) is 5.20. The van der Waals surface area contributed by atoms with Crippen molar-refractivity contribution in [1.29, 1.82) is 0 Å². The van der Waals surface area contributed by atoms with E-state index < -0.39 is 0 Å². The highest BCUT2D eigenvalue weighted by Gasteiger charge is 2.42. The minimum absolute atomic E-state index is 0.308. The van der Waals surface area contributed by atoms with Crippen LogP contribution in [0.5, 0.6) is 0 Å². The van der Waals surface area contributed by atoms with Crippen molar-refractivity contribution in [2.75, 3.05) is 13.1 Å². The normalized spacial score (nSPS) is 30.7. The predicted octanol–water partition coefficient (Wildman–Crippen LogP) is 1.88. The molecule has 1 aliphatic carbocycles. The van der Waals surface area contributed by atoms with Gasteiger partial charge in [-0.15, -0.1) is 0 Å². The van der Waals surface area contributed by atoms with Gasteiger partial charge in [0, 0.05) is 25.6 Å². The van der Waals surface area contributed by atoms with Crippen LogP contribution in [0.25, 0.3) is 0 Å². The highest BCUT2D eigenvalue weighted by molar-refractivity contribution is 7.07. The number of carbonyl (C=O) groups is 1. The number of hydrogen-bond donors (Lipinski definition) is 1. The third kappa shape index (κ3) is 2.31. The van der Waals surface area contributed by atoms with Crippen LogP contribution < -0.4 is 5.73 Å². The van der Waals surface area contributed by atoms with Gasteiger partial charge in [0.25, 0.3) is 0 Å². The molecule has 1 saturated heterocycles. The van der Waals surface area contributed by atoms with Gasteiger partial charge in [-0.2, -0.15) is 11.3 Å². The lowest BCUT2D eigenvalue weighted by Crippen LogP contribution is -2.33. The van der Waals surface area contributed by atoms with Crippen LogP contribution in [0.4, 0.5) is 0 Å². The molecule has 1 amide bonds. The van der Waals surface area contributed by atoms with Crippen LogP contribution in [-0.4, -0.2) is 29.9 Å². The molecule has 3 rings (SSSR count). The molecule has 2 aliphatic rings. The summed E-state index contributed by atoms with van der Waals surface area (Å²) in [5.74, 6) is 1.54. The van der Waals surface area contributed by atoms with Crippen molar-refractivity contribution in [3.8, 4) is 0 Å². The maximum absolute atomic E-state index is 12.2. The molecule has 1 aromatic rings. The number of nitrogens with two attached hydrogens (primary N) is 1. The molecule has 2 N–H and O–H groups in total. The number of amides is 1. The molecular weight excluding hydrogens is 244 g/mol. The molecule has 2 heterocycles. The predicted molar refractivity (Wildman–Crippen MR) is 73.4 cm³/mol. The van der Waals surface area contributed by atoms with E-state index in [1.165, 1.54) is 12.0 Å². The van der Waals surface area contributed by atoms with Gasteiger partial charge in [0.2, 0.25) is 5.91 Å². The van der Waals surface area contributed by atoms with Crippen molar-refractivity contribution in [2.24, 2.45) is 17.6 Å². The Hall–Kier alpha value is -0.870. The van der Waals surface area contributed by atoms with Gasteiger partial charge in [-0.25, -0.2) is 0 Å². The number of likely N-dealkylation sites (tertiary alicyclic amines) is 1. The summed E-state index contributed by atoms with van der Waals surface area (Å²) in [6.07, 6.45) is 3.87. The summed E-state index contributed by atoms with van der Waals surface area (Å²) in [6, 6.07) is 2.43. The van der Waals surface area contributed by atoms with E-state index in [4.69, 9.17) is 5.73 Å². The fourth-order valence-corrected chi connectivity index (χ4v) is 4.06. The number of aryl methyl sites for hydroxylation is 1. The SMILES string of the molecule is NC1CCC2CN(C(=O)CCc3ccsc3)CC12. The average molecular weight is 264 g/mol. The fraction of sp³-hybridized carbons (Fsp3) is 0.643. The Labute approximate surface area is 112 Å². The molecule has 0 spiro atoms. The molecule has 0 aromatic carbocycles. The van der Waals surface area contributed by atoms with E-state index in [0.717, 1.165) is 25.9 Å². The molecule has 4 heteroatoms. The molecule has 1 aromatic heterocycles. The van der Waals surface area contributed by atoms with Crippen LogP contribution in [0.15, 0.2) is 16.8 Å².